The quantitative estimate of drug-likeness (QED) is 0.655. The molecule has 30 heavy (non-hydrogen) atoms. The first-order valence-electron chi connectivity index (χ1n) is 9.20. The van der Waals surface area contributed by atoms with Crippen molar-refractivity contribution in [3.63, 3.8) is 0 Å². The van der Waals surface area contributed by atoms with Crippen LogP contribution in [0.2, 0.25) is 0 Å². The molecule has 1 fully saturated rings. The highest BCUT2D eigenvalue weighted by Crippen LogP contribution is 2.29. The first-order valence-corrected chi connectivity index (χ1v) is 11.5. The number of nitrogens with zero attached hydrogens (tertiary/aromatic N) is 3. The average Bonchev–Trinajstić information content (AvgIpc) is 3.07. The average molecular weight is 448 g/mol. The van der Waals surface area contributed by atoms with Gasteiger partial charge in [-0.2, -0.15) is 0 Å². The smallest absolute Gasteiger partial charge is 0.252 e. The second kappa shape index (κ2) is 9.11. The van der Waals surface area contributed by atoms with E-state index in [1.807, 2.05) is 6.92 Å². The summed E-state index contributed by atoms with van der Waals surface area (Å²) in [5.74, 6) is -0.580. The number of rotatable bonds is 5. The summed E-state index contributed by atoms with van der Waals surface area (Å²) in [6, 6.07) is 12.2. The zero-order valence-corrected chi connectivity index (χ0v) is 18.5. The van der Waals surface area contributed by atoms with Crippen LogP contribution in [0.3, 0.4) is 0 Å². The van der Waals surface area contributed by atoms with Gasteiger partial charge in [0.05, 0.1) is 10.6 Å². The van der Waals surface area contributed by atoms with E-state index in [0.29, 0.717) is 23.0 Å². The molecule has 1 aliphatic rings. The van der Waals surface area contributed by atoms with Gasteiger partial charge in [0, 0.05) is 32.0 Å². The van der Waals surface area contributed by atoms with Crippen molar-refractivity contribution in [1.82, 2.24) is 9.21 Å². The fraction of sp³-hybridized carbons (Fsp3) is 0.238. The van der Waals surface area contributed by atoms with Crippen molar-refractivity contribution in [3.8, 4) is 0 Å². The Bertz CT molecular complexity index is 1100. The molecule has 0 bridgehead atoms. The van der Waals surface area contributed by atoms with E-state index in [1.54, 1.807) is 35.2 Å². The Labute approximate surface area is 180 Å². The van der Waals surface area contributed by atoms with E-state index < -0.39 is 10.0 Å². The van der Waals surface area contributed by atoms with Crippen LogP contribution >= 0.6 is 11.8 Å². The van der Waals surface area contributed by atoms with Crippen molar-refractivity contribution in [3.05, 3.63) is 66.0 Å². The van der Waals surface area contributed by atoms with Gasteiger partial charge >= 0.3 is 0 Å². The number of hydrogen-bond acceptors (Lipinski definition) is 5. The van der Waals surface area contributed by atoms with Crippen molar-refractivity contribution in [1.29, 1.82) is 0 Å². The minimum Gasteiger partial charge on any atom is -0.287 e. The summed E-state index contributed by atoms with van der Waals surface area (Å²) < 4.78 is 38.9. The third-order valence-corrected chi connectivity index (χ3v) is 7.24. The van der Waals surface area contributed by atoms with E-state index in [0.717, 1.165) is 4.31 Å². The third kappa shape index (κ3) is 5.16. The highest BCUT2D eigenvalue weighted by molar-refractivity contribution is 8.14. The summed E-state index contributed by atoms with van der Waals surface area (Å²) in [5.41, 5.74) is 1.17. The largest absolute Gasteiger partial charge is 0.287 e. The normalized spacial score (nSPS) is 18.6. The van der Waals surface area contributed by atoms with Crippen molar-refractivity contribution in [2.45, 2.75) is 17.1 Å². The fourth-order valence-corrected chi connectivity index (χ4v) is 4.73. The number of aliphatic imine (C=N–C) groups is 1. The summed E-state index contributed by atoms with van der Waals surface area (Å²) in [7, 11) is -0.640. The fourth-order valence-electron chi connectivity index (χ4n) is 2.75. The molecule has 1 aliphatic heterocycles. The second-order valence-corrected chi connectivity index (χ2v) is 10.5. The lowest BCUT2D eigenvalue weighted by Crippen LogP contribution is -2.30. The van der Waals surface area contributed by atoms with Crippen LogP contribution in [-0.2, 0) is 14.8 Å². The molecule has 6 nitrogen and oxygen atoms in total. The van der Waals surface area contributed by atoms with Crippen LogP contribution < -0.4 is 0 Å². The Morgan fingerprint density at radius 3 is 2.60 bits per heavy atom. The number of halogens is 1. The van der Waals surface area contributed by atoms with Crippen LogP contribution in [0.4, 0.5) is 10.1 Å². The molecule has 1 atom stereocenters. The molecule has 0 aliphatic carbocycles. The predicted molar refractivity (Wildman–Crippen MR) is 119 cm³/mol. The molecular weight excluding hydrogens is 425 g/mol. The van der Waals surface area contributed by atoms with E-state index in [1.165, 1.54) is 56.2 Å². The van der Waals surface area contributed by atoms with Crippen molar-refractivity contribution < 1.29 is 17.6 Å². The minimum absolute atomic E-state index is 0.138. The molecule has 0 aromatic heterocycles. The lowest BCUT2D eigenvalue weighted by molar-refractivity contribution is -0.122. The maximum atomic E-state index is 13.0. The molecule has 2 aromatic rings. The molecule has 1 amide bonds. The summed E-state index contributed by atoms with van der Waals surface area (Å²) in [5, 5.41) is 0.663. The highest BCUT2D eigenvalue weighted by atomic mass is 32.2. The molecule has 158 valence electrons. The van der Waals surface area contributed by atoms with E-state index in [2.05, 4.69) is 4.99 Å². The molecule has 0 N–H and O–H groups in total. The Morgan fingerprint density at radius 2 is 1.93 bits per heavy atom. The van der Waals surface area contributed by atoms with Crippen LogP contribution in [0, 0.1) is 5.82 Å². The summed E-state index contributed by atoms with van der Waals surface area (Å²) >= 11 is 1.45. The minimum atomic E-state index is -3.58. The predicted octanol–water partition coefficient (Wildman–Crippen LogP) is 3.74. The van der Waals surface area contributed by atoms with Crippen LogP contribution in [0.15, 0.2) is 64.5 Å². The van der Waals surface area contributed by atoms with Gasteiger partial charge in [-0.15, -0.1) is 0 Å². The first kappa shape index (κ1) is 22.2. The van der Waals surface area contributed by atoms with Gasteiger partial charge in [-0.05, 0) is 42.0 Å². The number of carbonyl (C=O) groups is 1. The lowest BCUT2D eigenvalue weighted by Gasteiger charge is -2.14. The zero-order chi connectivity index (χ0) is 21.9. The van der Waals surface area contributed by atoms with Crippen LogP contribution in [0.25, 0.3) is 6.08 Å². The molecule has 0 saturated carbocycles. The van der Waals surface area contributed by atoms with E-state index in [-0.39, 0.29) is 21.9 Å². The van der Waals surface area contributed by atoms with Crippen molar-refractivity contribution >= 4 is 44.6 Å². The Kier molecular flexibility index (Phi) is 6.74. The maximum absolute atomic E-state index is 13.0. The van der Waals surface area contributed by atoms with Gasteiger partial charge in [0.1, 0.15) is 5.82 Å². The first-order chi connectivity index (χ1) is 14.2. The van der Waals surface area contributed by atoms with Crippen LogP contribution in [0.5, 0.6) is 0 Å². The number of thioether (sulfide) groups is 1. The van der Waals surface area contributed by atoms with Gasteiger partial charge in [0.25, 0.3) is 5.91 Å². The van der Waals surface area contributed by atoms with Crippen LogP contribution in [0.1, 0.15) is 12.5 Å². The Hall–Kier alpha value is -2.49. The molecule has 3 rings (SSSR count). The molecule has 0 radical (unpaired) electrons. The summed E-state index contributed by atoms with van der Waals surface area (Å²) in [6.07, 6.45) is 3.05. The number of sulfonamides is 1. The van der Waals surface area contributed by atoms with Gasteiger partial charge < -0.3 is 0 Å². The Balaban J connectivity index is 1.85. The monoisotopic (exact) mass is 447 g/mol. The topological polar surface area (TPSA) is 70.0 Å². The van der Waals surface area contributed by atoms with Gasteiger partial charge in [0.15, 0.2) is 5.17 Å². The van der Waals surface area contributed by atoms with E-state index in [9.17, 15) is 17.6 Å². The number of benzene rings is 2. The molecule has 1 heterocycles. The Morgan fingerprint density at radius 1 is 1.23 bits per heavy atom. The zero-order valence-electron chi connectivity index (χ0n) is 16.8. The molecule has 1 saturated heterocycles. The van der Waals surface area contributed by atoms with Crippen LogP contribution in [-0.4, -0.2) is 54.6 Å². The van der Waals surface area contributed by atoms with Gasteiger partial charge in [-0.3, -0.25) is 9.69 Å². The molecular formula is C21H22FN3O3S2. The van der Waals surface area contributed by atoms with Gasteiger partial charge in [0.2, 0.25) is 10.0 Å². The summed E-state index contributed by atoms with van der Waals surface area (Å²) in [6.45, 7) is 2.48. The van der Waals surface area contributed by atoms with Crippen molar-refractivity contribution in [2.24, 2.45) is 4.99 Å². The number of carbonyl (C=O) groups excluding carboxylic acids is 1. The maximum Gasteiger partial charge on any atom is 0.252 e. The number of hydrogen-bond donors (Lipinski definition) is 0. The standard InChI is InChI=1S/C21H22FN3O3S2/c1-15-14-25(20(26)12-9-16-7-10-17(22)11-8-16)21(29-15)23-18-5-4-6-19(13-18)30(27,28)24(2)3/h4-13,15H,14H2,1-3H3. The molecule has 0 spiro atoms. The molecule has 9 heteroatoms. The number of amides is 1. The highest BCUT2D eigenvalue weighted by Gasteiger charge is 2.29. The number of amidine groups is 1. The van der Waals surface area contributed by atoms with Gasteiger partial charge in [-0.25, -0.2) is 22.1 Å². The van der Waals surface area contributed by atoms with E-state index >= 15 is 0 Å². The van der Waals surface area contributed by atoms with Gasteiger partial charge in [-0.1, -0.05) is 36.9 Å². The third-order valence-electron chi connectivity index (χ3n) is 4.35. The van der Waals surface area contributed by atoms with Crippen molar-refractivity contribution in [2.75, 3.05) is 20.6 Å². The second-order valence-electron chi connectivity index (χ2n) is 6.94. The van der Waals surface area contributed by atoms with E-state index in [4.69, 9.17) is 0 Å². The molecule has 1 unspecified atom stereocenters. The molecule has 2 aromatic carbocycles. The lowest BCUT2D eigenvalue weighted by atomic mass is 10.2. The summed E-state index contributed by atoms with van der Waals surface area (Å²) in [4.78, 5) is 18.9. The SMILES string of the molecule is CC1CN(C(=O)C=Cc2ccc(F)cc2)C(=Nc2cccc(S(=O)(=O)N(C)C)c2)S1.